The van der Waals surface area contributed by atoms with Crippen LogP contribution in [0.4, 0.5) is 0 Å². The predicted octanol–water partition coefficient (Wildman–Crippen LogP) is 1.33. The Balaban J connectivity index is 0.00000242. The Hall–Kier alpha value is -0.670. The first-order valence-corrected chi connectivity index (χ1v) is 9.26. The van der Waals surface area contributed by atoms with Crippen LogP contribution in [-0.4, -0.2) is 38.4 Å². The lowest BCUT2D eigenvalue weighted by Crippen LogP contribution is -2.51. The summed E-state index contributed by atoms with van der Waals surface area (Å²) >= 11 is 1.17. The minimum absolute atomic E-state index is 0. The van der Waals surface area contributed by atoms with E-state index in [1.54, 1.807) is 11.8 Å². The summed E-state index contributed by atoms with van der Waals surface area (Å²) in [5.41, 5.74) is 5.80. The number of hydrogen-bond donors (Lipinski definition) is 2. The van der Waals surface area contributed by atoms with Crippen LogP contribution in [0.5, 0.6) is 0 Å². The SMILES string of the molecule is Cc1sc(C(=O)N2CCCC(C)C2CN)cc1S(N)(=O)=O.Cl. The summed E-state index contributed by atoms with van der Waals surface area (Å²) in [6, 6.07) is 1.39. The van der Waals surface area contributed by atoms with Gasteiger partial charge in [0.25, 0.3) is 5.91 Å². The Morgan fingerprint density at radius 1 is 1.50 bits per heavy atom. The van der Waals surface area contributed by atoms with Gasteiger partial charge in [-0.05, 0) is 31.7 Å². The molecule has 0 bridgehead atoms. The van der Waals surface area contributed by atoms with Crippen molar-refractivity contribution in [2.45, 2.75) is 37.6 Å². The number of likely N-dealkylation sites (tertiary alicyclic amines) is 1. The van der Waals surface area contributed by atoms with Gasteiger partial charge in [-0.25, -0.2) is 13.6 Å². The zero-order chi connectivity index (χ0) is 15.8. The number of amides is 1. The molecule has 1 aliphatic heterocycles. The van der Waals surface area contributed by atoms with Crippen LogP contribution in [0.2, 0.25) is 0 Å². The molecular formula is C13H22ClN3O3S2. The molecule has 2 atom stereocenters. The van der Waals surface area contributed by atoms with Crippen molar-refractivity contribution in [1.82, 2.24) is 4.90 Å². The number of rotatable bonds is 3. The van der Waals surface area contributed by atoms with E-state index < -0.39 is 10.0 Å². The zero-order valence-electron chi connectivity index (χ0n) is 12.6. The maximum Gasteiger partial charge on any atom is 0.264 e. The molecule has 0 radical (unpaired) electrons. The first-order chi connectivity index (χ1) is 9.75. The molecule has 0 saturated carbocycles. The number of thiophene rings is 1. The highest BCUT2D eigenvalue weighted by Crippen LogP contribution is 2.29. The number of piperidine rings is 1. The number of halogens is 1. The van der Waals surface area contributed by atoms with Crippen LogP contribution in [0.1, 0.15) is 34.3 Å². The van der Waals surface area contributed by atoms with E-state index in [9.17, 15) is 13.2 Å². The fraction of sp³-hybridized carbons (Fsp3) is 0.615. The number of hydrogen-bond acceptors (Lipinski definition) is 5. The third kappa shape index (κ3) is 3.80. The first-order valence-electron chi connectivity index (χ1n) is 6.90. The summed E-state index contributed by atoms with van der Waals surface area (Å²) in [5, 5.41) is 5.16. The lowest BCUT2D eigenvalue weighted by atomic mass is 9.90. The molecule has 1 amide bonds. The minimum atomic E-state index is -3.79. The molecule has 22 heavy (non-hydrogen) atoms. The second-order valence-electron chi connectivity index (χ2n) is 5.50. The van der Waals surface area contributed by atoms with Crippen LogP contribution in [0, 0.1) is 12.8 Å². The fourth-order valence-corrected chi connectivity index (χ4v) is 4.96. The molecule has 2 rings (SSSR count). The van der Waals surface area contributed by atoms with Gasteiger partial charge in [0.1, 0.15) is 0 Å². The largest absolute Gasteiger partial charge is 0.333 e. The summed E-state index contributed by atoms with van der Waals surface area (Å²) in [4.78, 5) is 15.4. The van der Waals surface area contributed by atoms with Crippen LogP contribution in [0.15, 0.2) is 11.0 Å². The normalized spacial score (nSPS) is 22.3. The van der Waals surface area contributed by atoms with Gasteiger partial charge in [0, 0.05) is 24.0 Å². The Bertz CT molecular complexity index is 645. The lowest BCUT2D eigenvalue weighted by molar-refractivity contribution is 0.0537. The lowest BCUT2D eigenvalue weighted by Gasteiger charge is -2.39. The van der Waals surface area contributed by atoms with Crippen molar-refractivity contribution >= 4 is 39.7 Å². The Morgan fingerprint density at radius 3 is 2.64 bits per heavy atom. The Morgan fingerprint density at radius 2 is 2.14 bits per heavy atom. The van der Waals surface area contributed by atoms with E-state index in [1.165, 1.54) is 17.4 Å². The summed E-state index contributed by atoms with van der Waals surface area (Å²) in [6.45, 7) is 4.82. The molecule has 9 heteroatoms. The third-order valence-corrected chi connectivity index (χ3v) is 6.21. The van der Waals surface area contributed by atoms with Crippen LogP contribution in [0.3, 0.4) is 0 Å². The highest BCUT2D eigenvalue weighted by atomic mass is 35.5. The molecule has 126 valence electrons. The zero-order valence-corrected chi connectivity index (χ0v) is 15.1. The summed E-state index contributed by atoms with van der Waals surface area (Å²) in [7, 11) is -3.79. The van der Waals surface area contributed by atoms with E-state index in [1.807, 2.05) is 0 Å². The molecule has 4 N–H and O–H groups in total. The van der Waals surface area contributed by atoms with Gasteiger partial charge in [0.2, 0.25) is 10.0 Å². The number of aryl methyl sites for hydroxylation is 1. The van der Waals surface area contributed by atoms with Gasteiger partial charge >= 0.3 is 0 Å². The maximum absolute atomic E-state index is 12.7. The number of sulfonamides is 1. The topological polar surface area (TPSA) is 106 Å². The second kappa shape index (κ2) is 7.27. The van der Waals surface area contributed by atoms with Crippen molar-refractivity contribution in [3.63, 3.8) is 0 Å². The van der Waals surface area contributed by atoms with Crippen LogP contribution >= 0.6 is 23.7 Å². The molecule has 1 aromatic heterocycles. The van der Waals surface area contributed by atoms with Crippen LogP contribution < -0.4 is 10.9 Å². The van der Waals surface area contributed by atoms with E-state index in [2.05, 4.69) is 6.92 Å². The highest BCUT2D eigenvalue weighted by molar-refractivity contribution is 7.89. The predicted molar refractivity (Wildman–Crippen MR) is 90.0 cm³/mol. The molecule has 1 aliphatic rings. The molecule has 1 saturated heterocycles. The van der Waals surface area contributed by atoms with Gasteiger partial charge in [0.15, 0.2) is 0 Å². The van der Waals surface area contributed by atoms with Crippen molar-refractivity contribution in [2.24, 2.45) is 16.8 Å². The Labute approximate surface area is 141 Å². The average Bonchev–Trinajstić information content (AvgIpc) is 2.79. The van der Waals surface area contributed by atoms with Crippen molar-refractivity contribution in [2.75, 3.05) is 13.1 Å². The number of nitrogens with zero attached hydrogens (tertiary/aromatic N) is 1. The van der Waals surface area contributed by atoms with Gasteiger partial charge in [-0.3, -0.25) is 4.79 Å². The monoisotopic (exact) mass is 367 g/mol. The van der Waals surface area contributed by atoms with E-state index in [0.717, 1.165) is 12.8 Å². The molecular weight excluding hydrogens is 346 g/mol. The van der Waals surface area contributed by atoms with Gasteiger partial charge in [-0.2, -0.15) is 0 Å². The summed E-state index contributed by atoms with van der Waals surface area (Å²) < 4.78 is 23.0. The van der Waals surface area contributed by atoms with Gasteiger partial charge in [-0.1, -0.05) is 6.92 Å². The van der Waals surface area contributed by atoms with E-state index in [4.69, 9.17) is 10.9 Å². The van der Waals surface area contributed by atoms with Crippen molar-refractivity contribution in [3.8, 4) is 0 Å². The van der Waals surface area contributed by atoms with Gasteiger partial charge in [0.05, 0.1) is 9.77 Å². The number of nitrogens with two attached hydrogens (primary N) is 2. The van der Waals surface area contributed by atoms with Crippen LogP contribution in [0.25, 0.3) is 0 Å². The molecule has 2 heterocycles. The third-order valence-electron chi connectivity index (χ3n) is 4.01. The number of carbonyl (C=O) groups is 1. The van der Waals surface area contributed by atoms with Crippen LogP contribution in [-0.2, 0) is 10.0 Å². The molecule has 1 fully saturated rings. The van der Waals surface area contributed by atoms with Crippen molar-refractivity contribution < 1.29 is 13.2 Å². The summed E-state index contributed by atoms with van der Waals surface area (Å²) in [5.74, 6) is 0.200. The van der Waals surface area contributed by atoms with Crippen molar-refractivity contribution in [3.05, 3.63) is 15.8 Å². The fourth-order valence-electron chi connectivity index (χ4n) is 2.86. The second-order valence-corrected chi connectivity index (χ2v) is 8.28. The molecule has 6 nitrogen and oxygen atoms in total. The molecule has 0 aromatic carbocycles. The molecule has 0 aliphatic carbocycles. The van der Waals surface area contributed by atoms with Crippen molar-refractivity contribution in [1.29, 1.82) is 0 Å². The Kier molecular flexibility index (Phi) is 6.40. The molecule has 1 aromatic rings. The maximum atomic E-state index is 12.7. The van der Waals surface area contributed by atoms with E-state index in [0.29, 0.717) is 28.8 Å². The molecule has 2 unspecified atom stereocenters. The smallest absolute Gasteiger partial charge is 0.264 e. The van der Waals surface area contributed by atoms with Gasteiger partial charge in [-0.15, -0.1) is 23.7 Å². The summed E-state index contributed by atoms with van der Waals surface area (Å²) in [6.07, 6.45) is 1.99. The number of primary sulfonamides is 1. The molecule has 0 spiro atoms. The minimum Gasteiger partial charge on any atom is -0.333 e. The van der Waals surface area contributed by atoms with E-state index >= 15 is 0 Å². The quantitative estimate of drug-likeness (QED) is 0.840. The highest BCUT2D eigenvalue weighted by Gasteiger charge is 2.32. The van der Waals surface area contributed by atoms with Gasteiger partial charge < -0.3 is 10.6 Å². The first kappa shape index (κ1) is 19.4. The average molecular weight is 368 g/mol. The standard InChI is InChI=1S/C13H21N3O3S2.ClH/c1-8-4-3-5-16(10(8)7-14)13(17)11-6-12(9(2)20-11)21(15,18)19;/h6,8,10H,3-5,7,14H2,1-2H3,(H2,15,18,19);1H. The number of carbonyl (C=O) groups excluding carboxylic acids is 1. The van der Waals surface area contributed by atoms with E-state index in [-0.39, 0.29) is 29.3 Å².